The summed E-state index contributed by atoms with van der Waals surface area (Å²) in [5.41, 5.74) is 1.69. The Bertz CT molecular complexity index is 879. The zero-order chi connectivity index (χ0) is 17.1. The van der Waals surface area contributed by atoms with Crippen LogP contribution in [-0.2, 0) is 0 Å². The molecule has 0 radical (unpaired) electrons. The van der Waals surface area contributed by atoms with Crippen molar-refractivity contribution < 1.29 is 14.3 Å². The number of amides is 1. The maximum Gasteiger partial charge on any atom is 0.266 e. The van der Waals surface area contributed by atoms with Gasteiger partial charge in [0, 0.05) is 11.8 Å². The van der Waals surface area contributed by atoms with E-state index in [1.54, 1.807) is 18.3 Å². The van der Waals surface area contributed by atoms with Crippen molar-refractivity contribution in [2.45, 2.75) is 0 Å². The fourth-order valence-corrected chi connectivity index (χ4v) is 3.03. The maximum absolute atomic E-state index is 12.0. The first-order valence-electron chi connectivity index (χ1n) is 7.75. The predicted molar refractivity (Wildman–Crippen MR) is 97.2 cm³/mol. The van der Waals surface area contributed by atoms with Gasteiger partial charge in [-0.15, -0.1) is 11.3 Å². The molecule has 1 amide bonds. The van der Waals surface area contributed by atoms with E-state index in [2.05, 4.69) is 15.6 Å². The van der Waals surface area contributed by atoms with E-state index in [0.717, 1.165) is 22.9 Å². The number of aromatic nitrogens is 1. The SMILES string of the molecule is O=C(Nc1ccc(Nc2ccc3c(c2)OCCO3)cn1)c1cccs1. The van der Waals surface area contributed by atoms with E-state index < -0.39 is 0 Å². The number of nitrogens with one attached hydrogen (secondary N) is 2. The molecule has 0 atom stereocenters. The number of pyridine rings is 1. The Balaban J connectivity index is 1.43. The van der Waals surface area contributed by atoms with Crippen LogP contribution in [0.3, 0.4) is 0 Å². The first-order valence-corrected chi connectivity index (χ1v) is 8.63. The molecule has 0 spiro atoms. The molecule has 7 heteroatoms. The number of rotatable bonds is 4. The van der Waals surface area contributed by atoms with Crippen LogP contribution in [0, 0.1) is 0 Å². The maximum atomic E-state index is 12.0. The highest BCUT2D eigenvalue weighted by Crippen LogP contribution is 2.33. The van der Waals surface area contributed by atoms with E-state index in [1.807, 2.05) is 35.7 Å². The van der Waals surface area contributed by atoms with Gasteiger partial charge in [0.25, 0.3) is 5.91 Å². The number of carbonyl (C=O) groups excluding carboxylic acids is 1. The minimum absolute atomic E-state index is 0.157. The molecule has 1 aromatic carbocycles. The lowest BCUT2D eigenvalue weighted by Gasteiger charge is -2.19. The monoisotopic (exact) mass is 353 g/mol. The van der Waals surface area contributed by atoms with Gasteiger partial charge in [0.1, 0.15) is 19.0 Å². The standard InChI is InChI=1S/C18H15N3O3S/c22-18(16-2-1-9-25-16)21-17-6-4-13(11-19-17)20-12-3-5-14-15(10-12)24-8-7-23-14/h1-6,9-11,20H,7-8H2,(H,19,21,22). The molecule has 0 unspecified atom stereocenters. The van der Waals surface area contributed by atoms with Gasteiger partial charge in [0.05, 0.1) is 16.8 Å². The summed E-state index contributed by atoms with van der Waals surface area (Å²) in [6, 6.07) is 12.9. The van der Waals surface area contributed by atoms with E-state index in [1.165, 1.54) is 11.3 Å². The zero-order valence-corrected chi connectivity index (χ0v) is 14.0. The number of anilines is 3. The number of thiophene rings is 1. The Kier molecular flexibility index (Phi) is 4.22. The third-order valence-electron chi connectivity index (χ3n) is 3.58. The number of fused-ring (bicyclic) bond motifs is 1. The Morgan fingerprint density at radius 2 is 1.88 bits per heavy atom. The minimum Gasteiger partial charge on any atom is -0.486 e. The zero-order valence-electron chi connectivity index (χ0n) is 13.2. The Morgan fingerprint density at radius 1 is 1.04 bits per heavy atom. The van der Waals surface area contributed by atoms with Gasteiger partial charge >= 0.3 is 0 Å². The fourth-order valence-electron chi connectivity index (χ4n) is 2.42. The molecule has 1 aliphatic heterocycles. The molecule has 6 nitrogen and oxygen atoms in total. The molecule has 0 fully saturated rings. The topological polar surface area (TPSA) is 72.5 Å². The summed E-state index contributed by atoms with van der Waals surface area (Å²) in [5, 5.41) is 7.89. The van der Waals surface area contributed by atoms with E-state index in [-0.39, 0.29) is 5.91 Å². The Morgan fingerprint density at radius 3 is 2.64 bits per heavy atom. The first-order chi connectivity index (χ1) is 12.3. The van der Waals surface area contributed by atoms with Gasteiger partial charge in [-0.1, -0.05) is 6.07 Å². The summed E-state index contributed by atoms with van der Waals surface area (Å²) in [6.07, 6.45) is 1.67. The van der Waals surface area contributed by atoms with E-state index in [9.17, 15) is 4.79 Å². The first kappa shape index (κ1) is 15.5. The highest BCUT2D eigenvalue weighted by molar-refractivity contribution is 7.12. The molecule has 3 heterocycles. The van der Waals surface area contributed by atoms with E-state index in [4.69, 9.17) is 9.47 Å². The molecule has 0 saturated heterocycles. The van der Waals surface area contributed by atoms with Crippen molar-refractivity contribution in [2.24, 2.45) is 0 Å². The number of nitrogens with zero attached hydrogens (tertiary/aromatic N) is 1. The van der Waals surface area contributed by atoms with Crippen molar-refractivity contribution in [2.75, 3.05) is 23.8 Å². The smallest absolute Gasteiger partial charge is 0.266 e. The summed E-state index contributed by atoms with van der Waals surface area (Å²) in [6.45, 7) is 1.12. The van der Waals surface area contributed by atoms with Crippen LogP contribution < -0.4 is 20.1 Å². The van der Waals surface area contributed by atoms with Gasteiger partial charge < -0.3 is 20.1 Å². The van der Waals surface area contributed by atoms with Crippen molar-refractivity contribution in [3.05, 3.63) is 58.9 Å². The summed E-state index contributed by atoms with van der Waals surface area (Å²) in [4.78, 5) is 16.9. The van der Waals surface area contributed by atoms with Crippen LogP contribution in [0.15, 0.2) is 54.0 Å². The molecular formula is C18H15N3O3S. The number of ether oxygens (including phenoxy) is 2. The number of hydrogen-bond acceptors (Lipinski definition) is 6. The molecule has 1 aliphatic rings. The van der Waals surface area contributed by atoms with Crippen LogP contribution in [0.25, 0.3) is 0 Å². The van der Waals surface area contributed by atoms with Crippen molar-refractivity contribution in [1.82, 2.24) is 4.98 Å². The molecular weight excluding hydrogens is 338 g/mol. The largest absolute Gasteiger partial charge is 0.486 e. The van der Waals surface area contributed by atoms with Crippen LogP contribution in [0.5, 0.6) is 11.5 Å². The van der Waals surface area contributed by atoms with Crippen LogP contribution >= 0.6 is 11.3 Å². The molecule has 4 rings (SSSR count). The number of benzene rings is 1. The van der Waals surface area contributed by atoms with E-state index in [0.29, 0.717) is 23.9 Å². The lowest BCUT2D eigenvalue weighted by molar-refractivity contribution is 0.103. The summed E-state index contributed by atoms with van der Waals surface area (Å²) < 4.78 is 11.1. The Hall–Kier alpha value is -3.06. The predicted octanol–water partition coefficient (Wildman–Crippen LogP) is 3.91. The minimum atomic E-state index is -0.157. The second-order valence-corrected chi connectivity index (χ2v) is 6.29. The summed E-state index contributed by atoms with van der Waals surface area (Å²) in [5.74, 6) is 1.83. The summed E-state index contributed by atoms with van der Waals surface area (Å²) in [7, 11) is 0. The normalized spacial score (nSPS) is 12.5. The summed E-state index contributed by atoms with van der Waals surface area (Å²) >= 11 is 1.39. The quantitative estimate of drug-likeness (QED) is 0.744. The Labute approximate surface area is 148 Å². The average Bonchev–Trinajstić information content (AvgIpc) is 3.18. The molecule has 3 aromatic rings. The molecule has 0 aliphatic carbocycles. The van der Waals surface area contributed by atoms with Crippen LogP contribution in [0.1, 0.15) is 9.67 Å². The highest BCUT2D eigenvalue weighted by Gasteiger charge is 2.12. The lowest BCUT2D eigenvalue weighted by Crippen LogP contribution is -2.15. The van der Waals surface area contributed by atoms with Crippen LogP contribution in [0.2, 0.25) is 0 Å². The van der Waals surface area contributed by atoms with Gasteiger partial charge in [-0.25, -0.2) is 4.98 Å². The van der Waals surface area contributed by atoms with Crippen molar-refractivity contribution in [3.8, 4) is 11.5 Å². The van der Waals surface area contributed by atoms with Gasteiger partial charge in [-0.05, 0) is 35.7 Å². The van der Waals surface area contributed by atoms with E-state index >= 15 is 0 Å². The lowest BCUT2D eigenvalue weighted by atomic mass is 10.2. The molecule has 2 aromatic heterocycles. The van der Waals surface area contributed by atoms with Crippen LogP contribution in [-0.4, -0.2) is 24.1 Å². The third kappa shape index (κ3) is 3.56. The van der Waals surface area contributed by atoms with Crippen molar-refractivity contribution in [3.63, 3.8) is 0 Å². The van der Waals surface area contributed by atoms with Gasteiger partial charge in [-0.3, -0.25) is 4.79 Å². The number of carbonyl (C=O) groups is 1. The molecule has 0 bridgehead atoms. The third-order valence-corrected chi connectivity index (χ3v) is 4.45. The van der Waals surface area contributed by atoms with Crippen molar-refractivity contribution >= 4 is 34.4 Å². The van der Waals surface area contributed by atoms with Gasteiger partial charge in [0.15, 0.2) is 11.5 Å². The average molecular weight is 353 g/mol. The fraction of sp³-hybridized carbons (Fsp3) is 0.111. The van der Waals surface area contributed by atoms with Crippen LogP contribution in [0.4, 0.5) is 17.2 Å². The van der Waals surface area contributed by atoms with Gasteiger partial charge in [0.2, 0.25) is 0 Å². The van der Waals surface area contributed by atoms with Gasteiger partial charge in [-0.2, -0.15) is 0 Å². The molecule has 25 heavy (non-hydrogen) atoms. The second-order valence-electron chi connectivity index (χ2n) is 5.35. The molecule has 126 valence electrons. The molecule has 2 N–H and O–H groups in total. The second kappa shape index (κ2) is 6.82. The number of hydrogen-bond donors (Lipinski definition) is 2. The highest BCUT2D eigenvalue weighted by atomic mass is 32.1. The van der Waals surface area contributed by atoms with Crippen molar-refractivity contribution in [1.29, 1.82) is 0 Å². The molecule has 0 saturated carbocycles.